The molecule has 2 amide bonds. The summed E-state index contributed by atoms with van der Waals surface area (Å²) in [5.74, 6) is -0.838. The van der Waals surface area contributed by atoms with Crippen LogP contribution in [-0.4, -0.2) is 87.3 Å². The molecule has 3 aliphatic carbocycles. The number of fused-ring (bicyclic) bond motifs is 3. The Hall–Kier alpha value is -4.23. The molecule has 3 aromatic rings. The number of thiazole rings is 1. The van der Waals surface area contributed by atoms with Gasteiger partial charge in [0.2, 0.25) is 5.91 Å². The number of amides is 2. The van der Waals surface area contributed by atoms with E-state index < -0.39 is 35.7 Å². The van der Waals surface area contributed by atoms with Gasteiger partial charge in [-0.05, 0) is 63.5 Å². The van der Waals surface area contributed by atoms with Crippen LogP contribution in [0.2, 0.25) is 0 Å². The number of pyridine rings is 1. The number of ether oxygens (including phenoxy) is 3. The van der Waals surface area contributed by atoms with Gasteiger partial charge in [-0.2, -0.15) is 0 Å². The van der Waals surface area contributed by atoms with E-state index in [2.05, 4.69) is 10.6 Å². The maximum Gasteiger partial charge on any atom is 0.330 e. The highest BCUT2D eigenvalue weighted by Gasteiger charge is 2.61. The van der Waals surface area contributed by atoms with Gasteiger partial charge in [0.05, 0.1) is 31.0 Å². The molecule has 5 aliphatic rings. The Morgan fingerprint density at radius 2 is 1.75 bits per heavy atom. The van der Waals surface area contributed by atoms with E-state index in [9.17, 15) is 19.5 Å². The molecule has 12 nitrogen and oxygen atoms in total. The van der Waals surface area contributed by atoms with Crippen molar-refractivity contribution in [1.29, 1.82) is 0 Å². The lowest BCUT2D eigenvalue weighted by molar-refractivity contribution is -0.153. The number of nitrogens with one attached hydrogen (secondary N) is 2. The Balaban J connectivity index is 1.09. The number of carboxylic acid groups (broad SMARTS) is 1. The predicted molar refractivity (Wildman–Crippen MR) is 210 cm³/mol. The largest absolute Gasteiger partial charge is 0.497 e. The summed E-state index contributed by atoms with van der Waals surface area (Å²) >= 11 is 1.56. The van der Waals surface area contributed by atoms with Gasteiger partial charge in [0.1, 0.15) is 41.0 Å². The third-order valence-corrected chi connectivity index (χ3v) is 13.0. The Morgan fingerprint density at radius 1 is 0.964 bits per heavy atom. The molecule has 4 fully saturated rings. The van der Waals surface area contributed by atoms with Crippen LogP contribution < -0.4 is 20.1 Å². The number of aliphatic carboxylic acids is 1. The number of anilines is 1. The number of hydrogen-bond acceptors (Lipinski definition) is 10. The summed E-state index contributed by atoms with van der Waals surface area (Å²) in [5, 5.41) is 20.4. The summed E-state index contributed by atoms with van der Waals surface area (Å²) in [7, 11) is 1.62. The second-order valence-corrected chi connectivity index (χ2v) is 16.9. The lowest BCUT2D eigenvalue weighted by atomic mass is 9.96. The number of carboxylic acids is 1. The first-order valence-electron chi connectivity index (χ1n) is 20.4. The molecule has 5 atom stereocenters. The normalized spacial score (nSPS) is 28.8. The highest BCUT2D eigenvalue weighted by molar-refractivity contribution is 7.14. The van der Waals surface area contributed by atoms with Crippen LogP contribution in [0.1, 0.15) is 103 Å². The number of hydrogen-bond donors (Lipinski definition) is 3. The van der Waals surface area contributed by atoms with Crippen molar-refractivity contribution in [2.24, 2.45) is 5.92 Å². The van der Waals surface area contributed by atoms with Crippen LogP contribution in [-0.2, 0) is 19.1 Å². The van der Waals surface area contributed by atoms with E-state index in [-0.39, 0.29) is 30.9 Å². The van der Waals surface area contributed by atoms with Crippen LogP contribution in [0, 0.1) is 5.92 Å². The first-order chi connectivity index (χ1) is 26.8. The predicted octanol–water partition coefficient (Wildman–Crippen LogP) is 7.27. The van der Waals surface area contributed by atoms with Gasteiger partial charge in [-0.1, -0.05) is 57.1 Å². The van der Waals surface area contributed by atoms with Gasteiger partial charge in [-0.3, -0.25) is 9.59 Å². The molecule has 0 bridgehead atoms. The van der Waals surface area contributed by atoms with Crippen molar-refractivity contribution >= 4 is 45.2 Å². The summed E-state index contributed by atoms with van der Waals surface area (Å²) in [5.41, 5.74) is 0.663. The Labute approximate surface area is 326 Å². The fraction of sp³-hybridized carbons (Fsp3) is 0.595. The number of carbonyl (C=O) groups excluding carboxylic acids is 2. The second kappa shape index (κ2) is 16.5. The lowest BCUT2D eigenvalue weighted by Gasteiger charge is -2.30. The lowest BCUT2D eigenvalue weighted by Crippen LogP contribution is -2.54. The van der Waals surface area contributed by atoms with Gasteiger partial charge < -0.3 is 34.9 Å². The van der Waals surface area contributed by atoms with Gasteiger partial charge in [0, 0.05) is 41.3 Å². The Kier molecular flexibility index (Phi) is 11.3. The molecule has 3 N–H and O–H groups in total. The highest BCUT2D eigenvalue weighted by atomic mass is 32.1. The van der Waals surface area contributed by atoms with E-state index in [0.29, 0.717) is 41.6 Å². The van der Waals surface area contributed by atoms with E-state index in [1.165, 1.54) is 19.3 Å². The molecule has 2 aromatic heterocycles. The zero-order chi connectivity index (χ0) is 37.9. The maximum absolute atomic E-state index is 14.6. The Bertz CT molecular complexity index is 1910. The van der Waals surface area contributed by atoms with Crippen LogP contribution in [0.5, 0.6) is 11.5 Å². The number of rotatable bonds is 9. The molecule has 5 unspecified atom stereocenters. The molecule has 1 aromatic carbocycles. The summed E-state index contributed by atoms with van der Waals surface area (Å²) in [6.45, 7) is 0.159. The zero-order valence-corrected chi connectivity index (χ0v) is 32.5. The molecule has 55 heavy (non-hydrogen) atoms. The maximum atomic E-state index is 14.6. The molecule has 13 heteroatoms. The standard InChI is InChI=1S/C42H53N5O7S/c1-52-29-18-19-31-32(20-29)44-33(34-25-55-41(45-34)43-27-13-7-5-8-14-27)22-37(31)54-30-21-35-38(48)46-42(40(50)51)23-26(42)12-6-3-2-4-9-17-36(39(49)47(35)24-30)53-28-15-10-11-16-28/h6,12,18-20,22,25-28,30,35-36H,2-5,7-11,13-17,21,23-24H2,1H3,(H,43,45)(H,46,48)(H,50,51)/b12-6+. The van der Waals surface area contributed by atoms with E-state index in [4.69, 9.17) is 24.2 Å². The van der Waals surface area contributed by atoms with Crippen LogP contribution in [0.25, 0.3) is 22.3 Å². The number of carbonyl (C=O) groups is 3. The zero-order valence-electron chi connectivity index (χ0n) is 31.7. The number of methoxy groups -OCH3 is 1. The third kappa shape index (κ3) is 8.33. The number of nitrogens with zero attached hydrogens (tertiary/aromatic N) is 3. The van der Waals surface area contributed by atoms with Crippen molar-refractivity contribution in [1.82, 2.24) is 20.2 Å². The summed E-state index contributed by atoms with van der Waals surface area (Å²) < 4.78 is 18.9. The smallest absolute Gasteiger partial charge is 0.330 e. The summed E-state index contributed by atoms with van der Waals surface area (Å²) in [6.07, 6.45) is 17.4. The second-order valence-electron chi connectivity index (χ2n) is 16.1. The molecular formula is C42H53N5O7S. The molecule has 8 rings (SSSR count). The fourth-order valence-electron chi connectivity index (χ4n) is 8.95. The molecule has 0 radical (unpaired) electrons. The molecule has 0 spiro atoms. The van der Waals surface area contributed by atoms with E-state index in [1.807, 2.05) is 41.8 Å². The van der Waals surface area contributed by atoms with E-state index >= 15 is 0 Å². The molecule has 1 saturated heterocycles. The minimum Gasteiger partial charge on any atom is -0.497 e. The van der Waals surface area contributed by atoms with Crippen molar-refractivity contribution in [3.63, 3.8) is 0 Å². The van der Waals surface area contributed by atoms with Crippen molar-refractivity contribution in [2.45, 2.75) is 139 Å². The quantitative estimate of drug-likeness (QED) is 0.190. The topological polar surface area (TPSA) is 152 Å². The number of allylic oxidation sites excluding steroid dienone is 1. The summed E-state index contributed by atoms with van der Waals surface area (Å²) in [6, 6.07) is 7.03. The summed E-state index contributed by atoms with van der Waals surface area (Å²) in [4.78, 5) is 52.9. The first kappa shape index (κ1) is 37.7. The van der Waals surface area contributed by atoms with Gasteiger partial charge in [-0.15, -0.1) is 11.3 Å². The third-order valence-electron chi connectivity index (χ3n) is 12.2. The Morgan fingerprint density at radius 3 is 2.55 bits per heavy atom. The average molecular weight is 772 g/mol. The van der Waals surface area contributed by atoms with Crippen LogP contribution in [0.3, 0.4) is 0 Å². The SMILES string of the molecule is COc1ccc2c(OC3CC4C(=O)NC5(C(=O)O)CC5/C=C/CCCCCC(OC5CCCC5)C(=O)N4C3)cc(-c3csc(NC4CCCCC4)n3)nc2c1. The minimum absolute atomic E-state index is 0.0195. The van der Waals surface area contributed by atoms with Gasteiger partial charge in [0.15, 0.2) is 5.13 Å². The number of aromatic nitrogens is 2. The minimum atomic E-state index is -1.38. The molecular weight excluding hydrogens is 719 g/mol. The molecule has 4 heterocycles. The monoisotopic (exact) mass is 771 g/mol. The first-order valence-corrected chi connectivity index (χ1v) is 21.2. The molecule has 2 aliphatic heterocycles. The van der Waals surface area contributed by atoms with Crippen molar-refractivity contribution < 1.29 is 33.7 Å². The van der Waals surface area contributed by atoms with Crippen LogP contribution in [0.4, 0.5) is 5.13 Å². The molecule has 294 valence electrons. The van der Waals surface area contributed by atoms with Gasteiger partial charge >= 0.3 is 5.97 Å². The van der Waals surface area contributed by atoms with Crippen LogP contribution >= 0.6 is 11.3 Å². The van der Waals surface area contributed by atoms with Crippen molar-refractivity contribution in [3.8, 4) is 22.9 Å². The van der Waals surface area contributed by atoms with Crippen molar-refractivity contribution in [3.05, 3.63) is 41.8 Å². The number of benzene rings is 1. The van der Waals surface area contributed by atoms with Crippen molar-refractivity contribution in [2.75, 3.05) is 19.0 Å². The molecule has 3 saturated carbocycles. The fourth-order valence-corrected chi connectivity index (χ4v) is 9.74. The highest BCUT2D eigenvalue weighted by Crippen LogP contribution is 2.46. The van der Waals surface area contributed by atoms with Gasteiger partial charge in [0.25, 0.3) is 5.91 Å². The van der Waals surface area contributed by atoms with E-state index in [0.717, 1.165) is 80.4 Å². The van der Waals surface area contributed by atoms with Gasteiger partial charge in [-0.25, -0.2) is 14.8 Å². The van der Waals surface area contributed by atoms with E-state index in [1.54, 1.807) is 23.3 Å². The average Bonchev–Trinajstić information content (AvgIpc) is 3.63. The van der Waals surface area contributed by atoms with Crippen LogP contribution in [0.15, 0.2) is 41.8 Å².